The van der Waals surface area contributed by atoms with E-state index >= 15 is 0 Å². The lowest BCUT2D eigenvalue weighted by Crippen LogP contribution is -2.41. The molecule has 0 radical (unpaired) electrons. The minimum atomic E-state index is -0.316. The molecule has 1 saturated heterocycles. The Hall–Kier alpha value is -0.995. The Morgan fingerprint density at radius 3 is 2.37 bits per heavy atom. The van der Waals surface area contributed by atoms with Gasteiger partial charge in [-0.3, -0.25) is 0 Å². The van der Waals surface area contributed by atoms with Gasteiger partial charge >= 0.3 is 7.12 Å². The number of nitrogens with two attached hydrogens (primary N) is 1. The highest BCUT2D eigenvalue weighted by Crippen LogP contribution is 2.38. The second-order valence-corrected chi connectivity index (χ2v) is 6.29. The summed E-state index contributed by atoms with van der Waals surface area (Å²) < 4.78 is 12.1. The lowest BCUT2D eigenvalue weighted by Gasteiger charge is -2.32. The van der Waals surface area contributed by atoms with Crippen LogP contribution in [-0.2, 0) is 9.31 Å². The minimum absolute atomic E-state index is 0.306. The molecule has 0 amide bonds. The van der Waals surface area contributed by atoms with Crippen LogP contribution in [0.4, 0.5) is 0 Å². The molecule has 1 aliphatic carbocycles. The van der Waals surface area contributed by atoms with Gasteiger partial charge in [-0.2, -0.15) is 0 Å². The fourth-order valence-corrected chi connectivity index (χ4v) is 2.12. The van der Waals surface area contributed by atoms with Crippen molar-refractivity contribution in [2.24, 2.45) is 5.73 Å². The average Bonchev–Trinajstić information content (AvgIpc) is 2.57. The van der Waals surface area contributed by atoms with Gasteiger partial charge in [-0.05, 0) is 58.5 Å². The number of rotatable bonds is 1. The van der Waals surface area contributed by atoms with Crippen molar-refractivity contribution in [2.75, 3.05) is 0 Å². The topological polar surface area (TPSA) is 44.5 Å². The van der Waals surface area contributed by atoms with Gasteiger partial charge in [0.15, 0.2) is 0 Å². The van der Waals surface area contributed by atoms with Gasteiger partial charge < -0.3 is 15.0 Å². The predicted molar refractivity (Wildman–Crippen MR) is 79.4 cm³/mol. The van der Waals surface area contributed by atoms with Gasteiger partial charge in [0.2, 0.25) is 0 Å². The zero-order valence-corrected chi connectivity index (χ0v) is 12.4. The van der Waals surface area contributed by atoms with Crippen molar-refractivity contribution >= 4 is 7.12 Å². The van der Waals surface area contributed by atoms with Crippen LogP contribution in [0.1, 0.15) is 47.0 Å². The monoisotopic (exact) mass is 261 g/mol. The maximum atomic E-state index is 6.06. The largest absolute Gasteiger partial charge is 0.494 e. The second kappa shape index (κ2) is 5.18. The molecule has 4 heteroatoms. The van der Waals surface area contributed by atoms with Crippen molar-refractivity contribution in [3.8, 4) is 0 Å². The van der Waals surface area contributed by atoms with E-state index in [9.17, 15) is 0 Å². The molecule has 0 atom stereocenters. The first-order valence-corrected chi connectivity index (χ1v) is 7.00. The summed E-state index contributed by atoms with van der Waals surface area (Å²) >= 11 is 0. The fraction of sp³-hybridized carbons (Fsp3) is 0.600. The molecule has 1 aliphatic heterocycles. The summed E-state index contributed by atoms with van der Waals surface area (Å²) in [5.41, 5.74) is 7.28. The van der Waals surface area contributed by atoms with Gasteiger partial charge in [-0.25, -0.2) is 0 Å². The Labute approximate surface area is 116 Å². The van der Waals surface area contributed by atoms with E-state index in [0.29, 0.717) is 0 Å². The Morgan fingerprint density at radius 1 is 1.11 bits per heavy atom. The van der Waals surface area contributed by atoms with Crippen molar-refractivity contribution in [2.45, 2.75) is 58.2 Å². The van der Waals surface area contributed by atoms with Gasteiger partial charge in [0, 0.05) is 5.70 Å². The van der Waals surface area contributed by atoms with E-state index in [0.717, 1.165) is 30.4 Å². The smallest absolute Gasteiger partial charge is 0.402 e. The van der Waals surface area contributed by atoms with E-state index in [-0.39, 0.29) is 18.3 Å². The van der Waals surface area contributed by atoms with E-state index in [1.54, 1.807) is 0 Å². The number of hydrogen-bond acceptors (Lipinski definition) is 3. The summed E-state index contributed by atoms with van der Waals surface area (Å²) in [6.07, 6.45) is 11.3. The maximum absolute atomic E-state index is 6.06. The van der Waals surface area contributed by atoms with E-state index in [1.807, 2.05) is 12.2 Å². The molecule has 3 nitrogen and oxygen atoms in total. The Kier molecular flexibility index (Phi) is 3.93. The third-order valence-electron chi connectivity index (χ3n) is 4.16. The summed E-state index contributed by atoms with van der Waals surface area (Å²) in [5, 5.41) is 0. The van der Waals surface area contributed by atoms with Crippen molar-refractivity contribution in [1.29, 1.82) is 0 Å². The third kappa shape index (κ3) is 3.12. The van der Waals surface area contributed by atoms with Crippen LogP contribution >= 0.6 is 0 Å². The summed E-state index contributed by atoms with van der Waals surface area (Å²) in [6.45, 7) is 8.26. The number of allylic oxidation sites excluding steroid dienone is 6. The molecule has 1 fully saturated rings. The maximum Gasteiger partial charge on any atom is 0.494 e. The standard InChI is InChI=1S/C15H24BNO2/c1-14(2)15(3,4)19-16(18-14)12-8-6-5-7-9-13(17)11-10-12/h6,8,10-11H,5,7,9,17H2,1-4H3/b8-6-,12-10+,13-11+. The molecule has 0 aromatic heterocycles. The predicted octanol–water partition coefficient (Wildman–Crippen LogP) is 3.13. The van der Waals surface area contributed by atoms with Crippen LogP contribution in [0.3, 0.4) is 0 Å². The minimum Gasteiger partial charge on any atom is -0.402 e. The highest BCUT2D eigenvalue weighted by molar-refractivity contribution is 6.55. The van der Waals surface area contributed by atoms with E-state index < -0.39 is 0 Å². The normalized spacial score (nSPS) is 33.4. The quantitative estimate of drug-likeness (QED) is 0.737. The highest BCUT2D eigenvalue weighted by Gasteiger charge is 2.51. The Morgan fingerprint density at radius 2 is 1.74 bits per heavy atom. The molecule has 0 unspecified atom stereocenters. The third-order valence-corrected chi connectivity index (χ3v) is 4.16. The molecule has 0 aromatic rings. The Balaban J connectivity index is 2.23. The van der Waals surface area contributed by atoms with Gasteiger partial charge in [0.25, 0.3) is 0 Å². The molecule has 19 heavy (non-hydrogen) atoms. The van der Waals surface area contributed by atoms with Crippen molar-refractivity contribution in [3.05, 3.63) is 35.5 Å². The van der Waals surface area contributed by atoms with Gasteiger partial charge in [-0.1, -0.05) is 18.2 Å². The van der Waals surface area contributed by atoms with Crippen LogP contribution in [0, 0.1) is 0 Å². The molecule has 2 N–H and O–H groups in total. The van der Waals surface area contributed by atoms with E-state index in [4.69, 9.17) is 15.0 Å². The second-order valence-electron chi connectivity index (χ2n) is 6.29. The van der Waals surface area contributed by atoms with Crippen LogP contribution in [0.15, 0.2) is 35.5 Å². The SMILES string of the molecule is CC1(C)OB(C2=C/C=C(/N)CCC/C=C\2)OC1(C)C. The first kappa shape index (κ1) is 14.4. The van der Waals surface area contributed by atoms with Crippen molar-refractivity contribution in [3.63, 3.8) is 0 Å². The molecule has 0 saturated carbocycles. The van der Waals surface area contributed by atoms with Crippen LogP contribution < -0.4 is 5.73 Å². The molecule has 2 rings (SSSR count). The summed E-state index contributed by atoms with van der Waals surface area (Å²) in [4.78, 5) is 0. The van der Waals surface area contributed by atoms with Gasteiger partial charge in [-0.15, -0.1) is 0 Å². The van der Waals surface area contributed by atoms with Crippen molar-refractivity contribution in [1.82, 2.24) is 0 Å². The summed E-state index contributed by atoms with van der Waals surface area (Å²) in [6, 6.07) is 0. The Bertz CT molecular complexity index is 419. The fourth-order valence-electron chi connectivity index (χ4n) is 2.12. The zero-order chi connectivity index (χ0) is 14.1. The summed E-state index contributed by atoms with van der Waals surface area (Å²) in [5.74, 6) is 0. The average molecular weight is 261 g/mol. The number of hydrogen-bond donors (Lipinski definition) is 1. The molecule has 0 aromatic carbocycles. The van der Waals surface area contributed by atoms with E-state index in [2.05, 4.69) is 39.8 Å². The lowest BCUT2D eigenvalue weighted by molar-refractivity contribution is 0.00578. The van der Waals surface area contributed by atoms with Crippen LogP contribution in [0.2, 0.25) is 0 Å². The van der Waals surface area contributed by atoms with Crippen LogP contribution in [0.25, 0.3) is 0 Å². The molecular formula is C15H24BNO2. The van der Waals surface area contributed by atoms with Gasteiger partial charge in [0.1, 0.15) is 0 Å². The van der Waals surface area contributed by atoms with Crippen LogP contribution in [0.5, 0.6) is 0 Å². The summed E-state index contributed by atoms with van der Waals surface area (Å²) in [7, 11) is -0.316. The molecule has 2 aliphatic rings. The highest BCUT2D eigenvalue weighted by atomic mass is 16.7. The molecule has 0 bridgehead atoms. The first-order valence-electron chi connectivity index (χ1n) is 7.00. The lowest BCUT2D eigenvalue weighted by atomic mass is 9.77. The molecule has 104 valence electrons. The molecular weight excluding hydrogens is 237 g/mol. The molecule has 1 heterocycles. The first-order chi connectivity index (χ1) is 8.82. The van der Waals surface area contributed by atoms with Gasteiger partial charge in [0.05, 0.1) is 11.2 Å². The van der Waals surface area contributed by atoms with E-state index in [1.165, 1.54) is 0 Å². The molecule has 0 spiro atoms. The van der Waals surface area contributed by atoms with Crippen molar-refractivity contribution < 1.29 is 9.31 Å². The van der Waals surface area contributed by atoms with Crippen LogP contribution in [-0.4, -0.2) is 18.3 Å². The zero-order valence-electron chi connectivity index (χ0n) is 12.4.